The predicted octanol–water partition coefficient (Wildman–Crippen LogP) is 5.36. The van der Waals surface area contributed by atoms with Crippen molar-refractivity contribution in [1.29, 1.82) is 0 Å². The highest BCUT2D eigenvalue weighted by Gasteiger charge is 2.27. The lowest BCUT2D eigenvalue weighted by Crippen LogP contribution is -2.24. The van der Waals surface area contributed by atoms with Crippen LogP contribution in [-0.4, -0.2) is 64.1 Å². The summed E-state index contributed by atoms with van der Waals surface area (Å²) in [6.45, 7) is 1.91. The van der Waals surface area contributed by atoms with Gasteiger partial charge in [-0.3, -0.25) is 24.3 Å². The van der Waals surface area contributed by atoms with E-state index in [4.69, 9.17) is 14.2 Å². The van der Waals surface area contributed by atoms with Crippen LogP contribution >= 0.6 is 23.1 Å². The highest BCUT2D eigenvalue weighted by Crippen LogP contribution is 2.38. The van der Waals surface area contributed by atoms with Gasteiger partial charge in [-0.1, -0.05) is 18.2 Å². The Bertz CT molecular complexity index is 1800. The number of non-ortho nitro benzene ring substituents is 1. The van der Waals surface area contributed by atoms with Crippen molar-refractivity contribution in [2.45, 2.75) is 50.7 Å². The second kappa shape index (κ2) is 15.8. The molecule has 0 spiro atoms. The number of benzene rings is 2. The predicted molar refractivity (Wildman–Crippen MR) is 180 cm³/mol. The maximum atomic E-state index is 13.3. The molecule has 5 rings (SSSR count). The fraction of sp³-hybridized carbons (Fsp3) is 0.344. The van der Waals surface area contributed by atoms with Crippen molar-refractivity contribution in [3.8, 4) is 17.2 Å². The van der Waals surface area contributed by atoms with Gasteiger partial charge in [0.2, 0.25) is 5.91 Å². The number of aryl methyl sites for hydroxylation is 1. The first-order valence-electron chi connectivity index (χ1n) is 15.2. The number of esters is 1. The zero-order valence-corrected chi connectivity index (χ0v) is 28.2. The van der Waals surface area contributed by atoms with Gasteiger partial charge in [0, 0.05) is 34.3 Å². The normalized spacial score (nSPS) is 12.4. The molecule has 16 heteroatoms. The van der Waals surface area contributed by atoms with Gasteiger partial charge in [0.15, 0.2) is 11.0 Å². The summed E-state index contributed by atoms with van der Waals surface area (Å²) in [4.78, 5) is 51.1. The summed E-state index contributed by atoms with van der Waals surface area (Å²) in [5.74, 6) is -0.103. The molecule has 2 aromatic heterocycles. The number of hydrogen-bond donors (Lipinski definition) is 2. The van der Waals surface area contributed by atoms with Crippen molar-refractivity contribution in [2.75, 3.05) is 31.9 Å². The van der Waals surface area contributed by atoms with Crippen molar-refractivity contribution in [1.82, 2.24) is 20.1 Å². The van der Waals surface area contributed by atoms with E-state index in [-0.39, 0.29) is 30.5 Å². The number of methoxy groups -OCH3 is 2. The lowest BCUT2D eigenvalue weighted by molar-refractivity contribution is -0.384. The summed E-state index contributed by atoms with van der Waals surface area (Å²) in [7, 11) is 2.97. The number of thiophene rings is 1. The minimum Gasteiger partial charge on any atom is -0.497 e. The first-order valence-corrected chi connectivity index (χ1v) is 17.0. The van der Waals surface area contributed by atoms with Crippen LogP contribution in [-0.2, 0) is 28.9 Å². The number of nitrogens with zero attached hydrogens (tertiary/aromatic N) is 4. The maximum absolute atomic E-state index is 13.3. The molecule has 0 radical (unpaired) electrons. The molecule has 0 bridgehead atoms. The standard InChI is InChI=1S/C32H34N6O8S2/c1-4-46-31(41)28-24-8-6-5-7-9-25(24)48-30(28)34-27(39)18-47-32-36-35-26(37(32)20-10-12-21(13-11-20)38(42)43)17-33-29(40)19-14-22(44-2)16-23(15-19)45-3/h10-16H,4-9,17-18H2,1-3H3,(H,33,40)(H,34,39). The van der Waals surface area contributed by atoms with Gasteiger partial charge in [-0.05, 0) is 62.4 Å². The number of rotatable bonds is 13. The van der Waals surface area contributed by atoms with Gasteiger partial charge in [-0.2, -0.15) is 0 Å². The minimum absolute atomic E-state index is 0.0568. The Morgan fingerprint density at radius 2 is 1.73 bits per heavy atom. The SMILES string of the molecule is CCOC(=O)c1c(NC(=O)CSc2nnc(CNC(=O)c3cc(OC)cc(OC)c3)n2-c2ccc([N+](=O)[O-])cc2)sc2c1CCCCC2. The number of carbonyl (C=O) groups is 3. The molecule has 4 aromatic rings. The Balaban J connectivity index is 1.36. The highest BCUT2D eigenvalue weighted by molar-refractivity contribution is 7.99. The monoisotopic (exact) mass is 694 g/mol. The molecule has 0 fully saturated rings. The molecule has 0 unspecified atom stereocenters. The average Bonchev–Trinajstić information content (AvgIpc) is 3.57. The molecule has 48 heavy (non-hydrogen) atoms. The molecule has 2 N–H and O–H groups in total. The van der Waals surface area contributed by atoms with Crippen molar-refractivity contribution in [2.24, 2.45) is 0 Å². The molecule has 1 aliphatic rings. The minimum atomic E-state index is -0.506. The summed E-state index contributed by atoms with van der Waals surface area (Å²) in [6, 6.07) is 10.5. The first-order chi connectivity index (χ1) is 23.2. The van der Waals surface area contributed by atoms with Gasteiger partial charge >= 0.3 is 5.97 Å². The lowest BCUT2D eigenvalue weighted by atomic mass is 10.1. The van der Waals surface area contributed by atoms with Crippen LogP contribution in [0.3, 0.4) is 0 Å². The number of thioether (sulfide) groups is 1. The third kappa shape index (κ3) is 7.94. The van der Waals surface area contributed by atoms with Gasteiger partial charge in [0.1, 0.15) is 16.5 Å². The molecule has 1 aliphatic carbocycles. The molecule has 0 saturated carbocycles. The molecular formula is C32H34N6O8S2. The Labute approximate surface area is 284 Å². The number of hydrogen-bond acceptors (Lipinski definition) is 12. The van der Waals surface area contributed by atoms with Gasteiger partial charge in [0.05, 0.1) is 43.6 Å². The Morgan fingerprint density at radius 1 is 1.02 bits per heavy atom. The first kappa shape index (κ1) is 34.4. The van der Waals surface area contributed by atoms with Gasteiger partial charge in [-0.25, -0.2) is 4.79 Å². The number of nitro benzene ring substituents is 1. The second-order valence-corrected chi connectivity index (χ2v) is 12.7. The maximum Gasteiger partial charge on any atom is 0.341 e. The fourth-order valence-corrected chi connectivity index (χ4v) is 7.30. The summed E-state index contributed by atoms with van der Waals surface area (Å²) < 4.78 is 17.5. The van der Waals surface area contributed by atoms with E-state index >= 15 is 0 Å². The van der Waals surface area contributed by atoms with E-state index in [9.17, 15) is 24.5 Å². The number of fused-ring (bicyclic) bond motifs is 1. The van der Waals surface area contributed by atoms with E-state index in [2.05, 4.69) is 20.8 Å². The van der Waals surface area contributed by atoms with Gasteiger partial charge < -0.3 is 24.8 Å². The van der Waals surface area contributed by atoms with Crippen molar-refractivity contribution < 1.29 is 33.5 Å². The summed E-state index contributed by atoms with van der Waals surface area (Å²) in [5.41, 5.74) is 2.07. The quantitative estimate of drug-likeness (QED) is 0.0606. The molecule has 14 nitrogen and oxygen atoms in total. The molecule has 0 aliphatic heterocycles. The third-order valence-corrected chi connectivity index (χ3v) is 9.66. The van der Waals surface area contributed by atoms with Crippen LogP contribution in [0, 0.1) is 10.1 Å². The molecule has 2 aromatic carbocycles. The molecule has 252 valence electrons. The highest BCUT2D eigenvalue weighted by atomic mass is 32.2. The molecule has 2 heterocycles. The molecule has 0 saturated heterocycles. The van der Waals surface area contributed by atoms with Crippen LogP contribution in [0.1, 0.15) is 63.2 Å². The number of aromatic nitrogens is 3. The van der Waals surface area contributed by atoms with E-state index in [0.717, 1.165) is 54.3 Å². The fourth-order valence-electron chi connectivity index (χ4n) is 5.23. The van der Waals surface area contributed by atoms with E-state index < -0.39 is 16.8 Å². The largest absolute Gasteiger partial charge is 0.497 e. The third-order valence-electron chi connectivity index (χ3n) is 7.53. The zero-order valence-electron chi connectivity index (χ0n) is 26.6. The topological polar surface area (TPSA) is 177 Å². The van der Waals surface area contributed by atoms with Crippen molar-refractivity contribution >= 4 is 51.6 Å². The van der Waals surface area contributed by atoms with Crippen molar-refractivity contribution in [3.63, 3.8) is 0 Å². The lowest BCUT2D eigenvalue weighted by Gasteiger charge is -2.12. The summed E-state index contributed by atoms with van der Waals surface area (Å²) in [5, 5.41) is 26.3. The summed E-state index contributed by atoms with van der Waals surface area (Å²) in [6.07, 6.45) is 4.68. The van der Waals surface area contributed by atoms with E-state index in [1.165, 1.54) is 49.8 Å². The van der Waals surface area contributed by atoms with Crippen LogP contribution in [0.4, 0.5) is 10.7 Å². The Kier molecular flexibility index (Phi) is 11.3. The van der Waals surface area contributed by atoms with Crippen molar-refractivity contribution in [3.05, 3.63) is 80.0 Å². The van der Waals surface area contributed by atoms with Crippen LogP contribution in [0.5, 0.6) is 11.5 Å². The molecular weight excluding hydrogens is 661 g/mol. The van der Waals surface area contributed by atoms with E-state index in [1.54, 1.807) is 29.7 Å². The Morgan fingerprint density at radius 3 is 2.40 bits per heavy atom. The number of nitrogens with one attached hydrogen (secondary N) is 2. The number of anilines is 1. The van der Waals surface area contributed by atoms with Crippen LogP contribution in [0.15, 0.2) is 47.6 Å². The van der Waals surface area contributed by atoms with E-state index in [1.807, 2.05) is 0 Å². The Hall–Kier alpha value is -4.96. The number of amides is 2. The van der Waals surface area contributed by atoms with Gasteiger partial charge in [0.25, 0.3) is 11.6 Å². The molecule has 0 atom stereocenters. The summed E-state index contributed by atoms with van der Waals surface area (Å²) >= 11 is 2.50. The number of ether oxygens (including phenoxy) is 3. The van der Waals surface area contributed by atoms with Crippen LogP contribution < -0.4 is 20.1 Å². The number of carbonyl (C=O) groups excluding carboxylic acids is 3. The van der Waals surface area contributed by atoms with Crippen LogP contribution in [0.25, 0.3) is 5.69 Å². The van der Waals surface area contributed by atoms with E-state index in [0.29, 0.717) is 44.3 Å². The smallest absolute Gasteiger partial charge is 0.341 e. The second-order valence-electron chi connectivity index (χ2n) is 10.6. The van der Waals surface area contributed by atoms with Crippen LogP contribution in [0.2, 0.25) is 0 Å². The average molecular weight is 695 g/mol. The zero-order chi connectivity index (χ0) is 34.2. The molecule has 2 amide bonds. The van der Waals surface area contributed by atoms with Gasteiger partial charge in [-0.15, -0.1) is 21.5 Å². The number of nitro groups is 1.